The summed E-state index contributed by atoms with van der Waals surface area (Å²) in [6.07, 6.45) is 0. The van der Waals surface area contributed by atoms with Gasteiger partial charge in [-0.3, -0.25) is 9.89 Å². The smallest absolute Gasteiger partial charge is 0.340 e. The van der Waals surface area contributed by atoms with Crippen molar-refractivity contribution in [1.29, 1.82) is 0 Å². The number of imidazole rings is 1. The molecule has 0 unspecified atom stereocenters. The summed E-state index contributed by atoms with van der Waals surface area (Å²) in [5, 5.41) is 2.53. The zero-order chi connectivity index (χ0) is 15.0. The molecule has 0 radical (unpaired) electrons. The molecule has 0 aliphatic rings. The largest absolute Gasteiger partial charge is 0.465 e. The number of rotatable bonds is 2. The SMILES string of the molecule is COC(=O)c1cc(=O)[nH]n2c(N)nc(-c3ccccc3)c12. The molecule has 0 atom stereocenters. The Bertz CT molecular complexity index is 880. The minimum absolute atomic E-state index is 0.0895. The van der Waals surface area contributed by atoms with Crippen LogP contribution in [0.4, 0.5) is 5.95 Å². The predicted octanol–water partition coefficient (Wildman–Crippen LogP) is 1.06. The van der Waals surface area contributed by atoms with Crippen molar-refractivity contribution >= 4 is 17.4 Å². The third kappa shape index (κ3) is 2.04. The molecule has 3 N–H and O–H groups in total. The average Bonchev–Trinajstić information content (AvgIpc) is 2.84. The van der Waals surface area contributed by atoms with Gasteiger partial charge in [-0.05, 0) is 0 Å². The van der Waals surface area contributed by atoms with Crippen molar-refractivity contribution in [2.24, 2.45) is 0 Å². The Morgan fingerprint density at radius 3 is 2.71 bits per heavy atom. The number of hydrogen-bond donors (Lipinski definition) is 2. The van der Waals surface area contributed by atoms with Crippen LogP contribution in [0.5, 0.6) is 0 Å². The Balaban J connectivity index is 2.42. The average molecular weight is 284 g/mol. The molecule has 2 heterocycles. The zero-order valence-corrected chi connectivity index (χ0v) is 11.2. The molecule has 106 valence electrons. The Labute approximate surface area is 119 Å². The van der Waals surface area contributed by atoms with Crippen molar-refractivity contribution < 1.29 is 9.53 Å². The quantitative estimate of drug-likeness (QED) is 0.685. The van der Waals surface area contributed by atoms with E-state index in [0.717, 1.165) is 5.56 Å². The van der Waals surface area contributed by atoms with E-state index in [1.54, 1.807) is 0 Å². The highest BCUT2D eigenvalue weighted by atomic mass is 16.5. The summed E-state index contributed by atoms with van der Waals surface area (Å²) < 4.78 is 6.01. The van der Waals surface area contributed by atoms with Gasteiger partial charge in [0.15, 0.2) is 0 Å². The number of nitrogens with zero attached hydrogens (tertiary/aromatic N) is 2. The number of H-pyrrole nitrogens is 1. The fourth-order valence-corrected chi connectivity index (χ4v) is 2.20. The molecule has 7 heteroatoms. The molecule has 2 aromatic heterocycles. The highest BCUT2D eigenvalue weighted by Gasteiger charge is 2.20. The van der Waals surface area contributed by atoms with Gasteiger partial charge in [0.1, 0.15) is 11.2 Å². The van der Waals surface area contributed by atoms with Crippen LogP contribution in [0.15, 0.2) is 41.2 Å². The summed E-state index contributed by atoms with van der Waals surface area (Å²) in [4.78, 5) is 27.8. The first-order chi connectivity index (χ1) is 10.1. The van der Waals surface area contributed by atoms with Crippen LogP contribution in [-0.2, 0) is 4.74 Å². The van der Waals surface area contributed by atoms with Crippen molar-refractivity contribution in [3.05, 3.63) is 52.3 Å². The standard InChI is InChI=1S/C14H12N4O3/c1-21-13(20)9-7-10(19)17-18-12(9)11(16-14(18)15)8-5-3-2-4-6-8/h2-7H,1H3,(H2,15,16)(H,17,19). The number of aromatic nitrogens is 3. The molecular weight excluding hydrogens is 272 g/mol. The summed E-state index contributed by atoms with van der Waals surface area (Å²) in [6.45, 7) is 0. The summed E-state index contributed by atoms with van der Waals surface area (Å²) in [6, 6.07) is 10.4. The summed E-state index contributed by atoms with van der Waals surface area (Å²) in [5.74, 6) is -0.533. The van der Waals surface area contributed by atoms with Crippen LogP contribution in [-0.4, -0.2) is 27.7 Å². The molecule has 3 rings (SSSR count). The number of esters is 1. The molecule has 3 aromatic rings. The zero-order valence-electron chi connectivity index (χ0n) is 11.2. The van der Waals surface area contributed by atoms with Crippen LogP contribution in [0.2, 0.25) is 0 Å². The number of ether oxygens (including phenoxy) is 1. The lowest BCUT2D eigenvalue weighted by Crippen LogP contribution is -2.16. The van der Waals surface area contributed by atoms with Crippen molar-refractivity contribution in [1.82, 2.24) is 14.6 Å². The first-order valence-corrected chi connectivity index (χ1v) is 6.17. The molecule has 0 saturated carbocycles. The number of aromatic amines is 1. The summed E-state index contributed by atoms with van der Waals surface area (Å²) in [5.41, 5.74) is 7.17. The normalized spacial score (nSPS) is 10.7. The number of nitrogen functional groups attached to an aromatic ring is 1. The fraction of sp³-hybridized carbons (Fsp3) is 0.0714. The number of carbonyl (C=O) groups is 1. The van der Waals surface area contributed by atoms with E-state index in [0.29, 0.717) is 11.2 Å². The van der Waals surface area contributed by atoms with Gasteiger partial charge >= 0.3 is 5.97 Å². The number of nitrogens with one attached hydrogen (secondary N) is 1. The van der Waals surface area contributed by atoms with Gasteiger partial charge in [-0.1, -0.05) is 30.3 Å². The maximum Gasteiger partial charge on any atom is 0.340 e. The number of hydrogen-bond acceptors (Lipinski definition) is 5. The summed E-state index contributed by atoms with van der Waals surface area (Å²) >= 11 is 0. The van der Waals surface area contributed by atoms with Gasteiger partial charge < -0.3 is 10.5 Å². The maximum absolute atomic E-state index is 11.9. The van der Waals surface area contributed by atoms with E-state index in [9.17, 15) is 9.59 Å². The third-order valence-corrected chi connectivity index (χ3v) is 3.11. The second-order valence-electron chi connectivity index (χ2n) is 4.39. The monoisotopic (exact) mass is 284 g/mol. The molecule has 0 amide bonds. The number of carbonyl (C=O) groups excluding carboxylic acids is 1. The van der Waals surface area contributed by atoms with Crippen LogP contribution in [0.25, 0.3) is 16.8 Å². The first kappa shape index (κ1) is 12.9. The molecule has 0 aliphatic carbocycles. The van der Waals surface area contributed by atoms with Gasteiger partial charge in [-0.15, -0.1) is 0 Å². The number of methoxy groups -OCH3 is 1. The Morgan fingerprint density at radius 2 is 2.05 bits per heavy atom. The van der Waals surface area contributed by atoms with Gasteiger partial charge in [0.05, 0.1) is 12.7 Å². The molecule has 0 bridgehead atoms. The molecule has 0 saturated heterocycles. The molecule has 0 aliphatic heterocycles. The molecule has 7 nitrogen and oxygen atoms in total. The van der Waals surface area contributed by atoms with E-state index in [1.807, 2.05) is 30.3 Å². The van der Waals surface area contributed by atoms with Crippen LogP contribution in [0.1, 0.15) is 10.4 Å². The van der Waals surface area contributed by atoms with Crippen LogP contribution in [0.3, 0.4) is 0 Å². The minimum atomic E-state index is -0.622. The van der Waals surface area contributed by atoms with Crippen molar-refractivity contribution in [2.45, 2.75) is 0 Å². The fourth-order valence-electron chi connectivity index (χ4n) is 2.20. The van der Waals surface area contributed by atoms with Crippen molar-refractivity contribution in [2.75, 3.05) is 12.8 Å². The number of fused-ring (bicyclic) bond motifs is 1. The molecule has 0 spiro atoms. The first-order valence-electron chi connectivity index (χ1n) is 6.17. The van der Waals surface area contributed by atoms with E-state index >= 15 is 0 Å². The van der Waals surface area contributed by atoms with Gasteiger partial charge in [0, 0.05) is 11.6 Å². The highest BCUT2D eigenvalue weighted by Crippen LogP contribution is 2.27. The number of anilines is 1. The van der Waals surface area contributed by atoms with Gasteiger partial charge in [-0.2, -0.15) is 0 Å². The summed E-state index contributed by atoms with van der Waals surface area (Å²) in [7, 11) is 1.25. The lowest BCUT2D eigenvalue weighted by Gasteiger charge is -2.04. The van der Waals surface area contributed by atoms with Crippen LogP contribution in [0, 0.1) is 0 Å². The third-order valence-electron chi connectivity index (χ3n) is 3.11. The number of benzene rings is 1. The predicted molar refractivity (Wildman–Crippen MR) is 77.0 cm³/mol. The Morgan fingerprint density at radius 1 is 1.33 bits per heavy atom. The van der Waals surface area contributed by atoms with E-state index < -0.39 is 11.5 Å². The van der Waals surface area contributed by atoms with Gasteiger partial charge in [-0.25, -0.2) is 14.3 Å². The van der Waals surface area contributed by atoms with Crippen LogP contribution < -0.4 is 11.3 Å². The molecule has 1 aromatic carbocycles. The van der Waals surface area contributed by atoms with E-state index in [-0.39, 0.29) is 11.5 Å². The molecule has 0 fully saturated rings. The van der Waals surface area contributed by atoms with Crippen molar-refractivity contribution in [3.63, 3.8) is 0 Å². The second-order valence-corrected chi connectivity index (χ2v) is 4.39. The lowest BCUT2D eigenvalue weighted by molar-refractivity contribution is 0.0602. The van der Waals surface area contributed by atoms with Gasteiger partial charge in [0.2, 0.25) is 5.95 Å². The lowest BCUT2D eigenvalue weighted by atomic mass is 10.1. The van der Waals surface area contributed by atoms with Gasteiger partial charge in [0.25, 0.3) is 5.56 Å². The second kappa shape index (κ2) is 4.78. The topological polar surface area (TPSA) is 102 Å². The molecule has 21 heavy (non-hydrogen) atoms. The van der Waals surface area contributed by atoms with E-state index in [2.05, 4.69) is 10.1 Å². The molecular formula is C14H12N4O3. The van der Waals surface area contributed by atoms with E-state index in [1.165, 1.54) is 17.7 Å². The Hall–Kier alpha value is -3.09. The Kier molecular flexibility index (Phi) is 2.94. The van der Waals surface area contributed by atoms with Crippen molar-refractivity contribution in [3.8, 4) is 11.3 Å². The highest BCUT2D eigenvalue weighted by molar-refractivity contribution is 6.01. The number of nitrogens with two attached hydrogens (primary N) is 1. The van der Waals surface area contributed by atoms with Crippen LogP contribution >= 0.6 is 0 Å². The minimum Gasteiger partial charge on any atom is -0.465 e. The van der Waals surface area contributed by atoms with E-state index in [4.69, 9.17) is 10.5 Å². The maximum atomic E-state index is 11.9.